The van der Waals surface area contributed by atoms with Gasteiger partial charge in [-0.2, -0.15) is 0 Å². The summed E-state index contributed by atoms with van der Waals surface area (Å²) in [4.78, 5) is 31.7. The van der Waals surface area contributed by atoms with Gasteiger partial charge in [-0.15, -0.1) is 0 Å². The van der Waals surface area contributed by atoms with Crippen LogP contribution in [0, 0.1) is 11.7 Å². The lowest BCUT2D eigenvalue weighted by Gasteiger charge is -2.38. The summed E-state index contributed by atoms with van der Waals surface area (Å²) in [7, 11) is -3.03. The number of pyridine rings is 1. The van der Waals surface area contributed by atoms with Gasteiger partial charge in [-0.05, 0) is 18.8 Å². The molecule has 0 spiro atoms. The van der Waals surface area contributed by atoms with Crippen LogP contribution >= 0.6 is 0 Å². The average Bonchev–Trinajstić information content (AvgIpc) is 3.08. The third-order valence-electron chi connectivity index (χ3n) is 5.94. The number of hydrogen-bond acceptors (Lipinski definition) is 5. The summed E-state index contributed by atoms with van der Waals surface area (Å²) >= 11 is 0. The van der Waals surface area contributed by atoms with Gasteiger partial charge in [0.2, 0.25) is 5.91 Å². The molecular formula is C20H24FN3O4S. The lowest BCUT2D eigenvalue weighted by Crippen LogP contribution is -2.55. The van der Waals surface area contributed by atoms with Crippen LogP contribution in [0.5, 0.6) is 0 Å². The van der Waals surface area contributed by atoms with Gasteiger partial charge < -0.3 is 10.2 Å². The highest BCUT2D eigenvalue weighted by Gasteiger charge is 2.41. The Hall–Kier alpha value is -2.29. The molecule has 1 aromatic rings. The van der Waals surface area contributed by atoms with E-state index in [9.17, 15) is 22.4 Å². The van der Waals surface area contributed by atoms with Gasteiger partial charge in [-0.1, -0.05) is 19.9 Å². The van der Waals surface area contributed by atoms with Crippen molar-refractivity contribution in [3.63, 3.8) is 0 Å². The van der Waals surface area contributed by atoms with Crippen LogP contribution in [0.1, 0.15) is 43.5 Å². The molecule has 1 fully saturated rings. The average molecular weight is 421 g/mol. The van der Waals surface area contributed by atoms with Crippen molar-refractivity contribution in [2.75, 3.05) is 11.5 Å². The van der Waals surface area contributed by atoms with Crippen molar-refractivity contribution in [1.82, 2.24) is 15.2 Å². The summed E-state index contributed by atoms with van der Waals surface area (Å²) in [5.41, 5.74) is 2.08. The predicted octanol–water partition coefficient (Wildman–Crippen LogP) is 1.22. The van der Waals surface area contributed by atoms with Crippen LogP contribution in [0.15, 0.2) is 12.3 Å². The molecule has 2 amide bonds. The second kappa shape index (κ2) is 7.19. The molecule has 0 saturated carbocycles. The third kappa shape index (κ3) is 3.56. The quantitative estimate of drug-likeness (QED) is 0.789. The Kier molecular flexibility index (Phi) is 4.96. The second-order valence-corrected chi connectivity index (χ2v) is 10.6. The Morgan fingerprint density at radius 2 is 2.00 bits per heavy atom. The standard InChI is InChI=1S/C20H24FN3O4S/c1-11(2)18(19(25)23-12-5-7-29(27,28)8-6-12)24-10-14-15(21)9-22-16-4-3-13(17(14)16)20(24)26/h3,9,11-12,18H,4-8,10H2,1-2H3,(H,23,25)/t18-/m1/s1. The van der Waals surface area contributed by atoms with Crippen molar-refractivity contribution < 1.29 is 22.4 Å². The normalized spacial score (nSPS) is 21.7. The monoisotopic (exact) mass is 421 g/mol. The number of carbonyl (C=O) groups is 2. The number of allylic oxidation sites excluding steroid dienone is 1. The molecule has 29 heavy (non-hydrogen) atoms. The molecule has 1 aliphatic carbocycles. The SMILES string of the molecule is CC(C)[C@H](C(=O)NC1CCS(=O)(=O)CC1)N1Cc2c(F)cnc3c2C(=CC3)C1=O. The molecule has 0 aromatic carbocycles. The molecule has 0 bridgehead atoms. The van der Waals surface area contributed by atoms with Crippen LogP contribution < -0.4 is 5.32 Å². The van der Waals surface area contributed by atoms with Crippen LogP contribution in [-0.2, 0) is 32.4 Å². The first-order chi connectivity index (χ1) is 13.7. The predicted molar refractivity (Wildman–Crippen MR) is 105 cm³/mol. The summed E-state index contributed by atoms with van der Waals surface area (Å²) in [5.74, 6) is -1.19. The van der Waals surface area contributed by atoms with E-state index < -0.39 is 21.7 Å². The largest absolute Gasteiger partial charge is 0.352 e. The highest BCUT2D eigenvalue weighted by Crippen LogP contribution is 2.38. The molecule has 2 aliphatic heterocycles. The van der Waals surface area contributed by atoms with Gasteiger partial charge in [0, 0.05) is 29.2 Å². The van der Waals surface area contributed by atoms with Gasteiger partial charge in [-0.25, -0.2) is 12.8 Å². The Bertz CT molecular complexity index is 1000. The number of nitrogens with one attached hydrogen (secondary N) is 1. The van der Waals surface area contributed by atoms with Gasteiger partial charge >= 0.3 is 0 Å². The number of rotatable bonds is 4. The number of halogens is 1. The highest BCUT2D eigenvalue weighted by molar-refractivity contribution is 7.91. The highest BCUT2D eigenvalue weighted by atomic mass is 32.2. The lowest BCUT2D eigenvalue weighted by molar-refractivity contribution is -0.139. The number of hydrogen-bond donors (Lipinski definition) is 1. The minimum Gasteiger partial charge on any atom is -0.352 e. The minimum atomic E-state index is -3.03. The van der Waals surface area contributed by atoms with Gasteiger partial charge in [-0.3, -0.25) is 14.6 Å². The molecule has 1 aromatic heterocycles. The summed E-state index contributed by atoms with van der Waals surface area (Å²) in [6, 6.07) is -1.01. The molecule has 9 heteroatoms. The first kappa shape index (κ1) is 20.0. The molecule has 0 radical (unpaired) electrons. The molecule has 1 N–H and O–H groups in total. The van der Waals surface area contributed by atoms with Crippen molar-refractivity contribution in [2.45, 2.75) is 51.7 Å². The fraction of sp³-hybridized carbons (Fsp3) is 0.550. The summed E-state index contributed by atoms with van der Waals surface area (Å²) in [6.07, 6.45) is 4.13. The van der Waals surface area contributed by atoms with Crippen molar-refractivity contribution in [2.24, 2.45) is 5.92 Å². The summed E-state index contributed by atoms with van der Waals surface area (Å²) in [6.45, 7) is 3.70. The number of nitrogens with zero attached hydrogens (tertiary/aromatic N) is 2. The zero-order valence-corrected chi connectivity index (χ0v) is 17.3. The van der Waals surface area contributed by atoms with E-state index in [4.69, 9.17) is 0 Å². The zero-order chi connectivity index (χ0) is 20.9. The molecule has 0 unspecified atom stereocenters. The van der Waals surface area contributed by atoms with Crippen LogP contribution in [0.3, 0.4) is 0 Å². The first-order valence-electron chi connectivity index (χ1n) is 9.86. The van der Waals surface area contributed by atoms with Crippen molar-refractivity contribution in [1.29, 1.82) is 0 Å². The third-order valence-corrected chi connectivity index (χ3v) is 7.65. The molecule has 7 nitrogen and oxygen atoms in total. The van der Waals surface area contributed by atoms with E-state index in [1.54, 1.807) is 6.08 Å². The fourth-order valence-electron chi connectivity index (χ4n) is 4.44. The van der Waals surface area contributed by atoms with Gasteiger partial charge in [0.15, 0.2) is 0 Å². The van der Waals surface area contributed by atoms with E-state index in [-0.39, 0.29) is 41.8 Å². The molecular weight excluding hydrogens is 397 g/mol. The zero-order valence-electron chi connectivity index (χ0n) is 16.4. The van der Waals surface area contributed by atoms with Gasteiger partial charge in [0.1, 0.15) is 21.7 Å². The Morgan fingerprint density at radius 3 is 2.66 bits per heavy atom. The van der Waals surface area contributed by atoms with Crippen LogP contribution in [0.4, 0.5) is 4.39 Å². The number of amides is 2. The Labute approximate surface area is 169 Å². The van der Waals surface area contributed by atoms with Crippen molar-refractivity contribution in [3.8, 4) is 0 Å². The summed E-state index contributed by atoms with van der Waals surface area (Å²) in [5, 5.41) is 2.92. The maximum absolute atomic E-state index is 14.5. The van der Waals surface area contributed by atoms with Crippen LogP contribution in [0.2, 0.25) is 0 Å². The molecule has 1 atom stereocenters. The van der Waals surface area contributed by atoms with E-state index in [0.29, 0.717) is 41.7 Å². The maximum atomic E-state index is 14.5. The van der Waals surface area contributed by atoms with E-state index in [0.717, 1.165) is 0 Å². The van der Waals surface area contributed by atoms with Crippen molar-refractivity contribution in [3.05, 3.63) is 34.9 Å². The molecule has 1 saturated heterocycles. The Morgan fingerprint density at radius 1 is 1.31 bits per heavy atom. The molecule has 3 heterocycles. The Balaban J connectivity index is 1.59. The first-order valence-corrected chi connectivity index (χ1v) is 11.7. The number of carbonyl (C=O) groups excluding carboxylic acids is 2. The topological polar surface area (TPSA) is 96.4 Å². The molecule has 4 rings (SSSR count). The van der Waals surface area contributed by atoms with E-state index in [1.165, 1.54) is 11.1 Å². The smallest absolute Gasteiger partial charge is 0.255 e. The van der Waals surface area contributed by atoms with Gasteiger partial charge in [0.25, 0.3) is 5.91 Å². The summed E-state index contributed by atoms with van der Waals surface area (Å²) < 4.78 is 37.7. The van der Waals surface area contributed by atoms with Crippen LogP contribution in [0.25, 0.3) is 5.57 Å². The lowest BCUT2D eigenvalue weighted by atomic mass is 9.92. The maximum Gasteiger partial charge on any atom is 0.255 e. The van der Waals surface area contributed by atoms with E-state index >= 15 is 0 Å². The minimum absolute atomic E-state index is 0.0160. The van der Waals surface area contributed by atoms with Crippen LogP contribution in [-0.4, -0.2) is 53.7 Å². The number of sulfone groups is 1. The number of aromatic nitrogens is 1. The molecule has 3 aliphatic rings. The van der Waals surface area contributed by atoms with E-state index in [1.807, 2.05) is 13.8 Å². The van der Waals surface area contributed by atoms with Gasteiger partial charge in [0.05, 0.1) is 29.9 Å². The fourth-order valence-corrected chi connectivity index (χ4v) is 5.93. The van der Waals surface area contributed by atoms with Crippen molar-refractivity contribution >= 4 is 27.2 Å². The second-order valence-electron chi connectivity index (χ2n) is 8.28. The van der Waals surface area contributed by atoms with E-state index in [2.05, 4.69) is 10.3 Å². The molecule has 156 valence electrons.